The third-order valence-electron chi connectivity index (χ3n) is 5.93. The Hall–Kier alpha value is 0.300. The molecule has 15 heavy (non-hydrogen) atoms. The Morgan fingerprint density at radius 1 is 0.933 bits per heavy atom. The average molecular weight is 332 g/mol. The van der Waals surface area contributed by atoms with Crippen molar-refractivity contribution in [3.05, 3.63) is 0 Å². The Kier molecular flexibility index (Phi) is 1.02. The summed E-state index contributed by atoms with van der Waals surface area (Å²) in [4.78, 5) is 24.7. The minimum atomic E-state index is -0.515. The quantitative estimate of drug-likeness (QED) is 0.631. The van der Waals surface area contributed by atoms with E-state index in [1.54, 1.807) is 0 Å². The van der Waals surface area contributed by atoms with Gasteiger partial charge in [0, 0.05) is 11.8 Å². The van der Waals surface area contributed by atoms with Gasteiger partial charge in [-0.1, -0.05) is 31.9 Å². The number of halogens is 2. The monoisotopic (exact) mass is 330 g/mol. The summed E-state index contributed by atoms with van der Waals surface area (Å²) in [5, 5.41) is 0. The lowest BCUT2D eigenvalue weighted by Gasteiger charge is -2.56. The van der Waals surface area contributed by atoms with Crippen molar-refractivity contribution in [1.29, 1.82) is 0 Å². The predicted octanol–water partition coefficient (Wildman–Crippen LogP) is 1.55. The van der Waals surface area contributed by atoms with Crippen LogP contribution in [0.2, 0.25) is 0 Å². The summed E-state index contributed by atoms with van der Waals surface area (Å²) in [5.74, 6) is 2.78. The topological polar surface area (TPSA) is 34.1 Å². The molecule has 0 aromatic heterocycles. The highest BCUT2D eigenvalue weighted by atomic mass is 79.9. The van der Waals surface area contributed by atoms with E-state index in [2.05, 4.69) is 31.9 Å². The van der Waals surface area contributed by atoms with Crippen molar-refractivity contribution < 1.29 is 9.59 Å². The van der Waals surface area contributed by atoms with Gasteiger partial charge >= 0.3 is 0 Å². The van der Waals surface area contributed by atoms with Crippen molar-refractivity contribution in [1.82, 2.24) is 0 Å². The van der Waals surface area contributed by atoms with Gasteiger partial charge in [0.05, 0.1) is 0 Å². The van der Waals surface area contributed by atoms with E-state index in [4.69, 9.17) is 0 Å². The van der Waals surface area contributed by atoms with E-state index in [1.165, 1.54) is 0 Å². The first-order valence-electron chi connectivity index (χ1n) is 5.51. The molecule has 2 nitrogen and oxygen atoms in total. The fourth-order valence-corrected chi connectivity index (χ4v) is 8.47. The third-order valence-corrected chi connectivity index (χ3v) is 9.56. The Balaban J connectivity index is 1.95. The SMILES string of the molecule is O=C1[C@@H]2[C@H]3C[C@@H]4[C@@H]2C(=O)[C@]2(Br)[C@H]4[C@@H]3[C@@]12Br. The number of alkyl halides is 2. The lowest BCUT2D eigenvalue weighted by Crippen LogP contribution is -2.71. The van der Waals surface area contributed by atoms with Crippen LogP contribution in [0.15, 0.2) is 0 Å². The number of carbonyl (C=O) groups is 2. The van der Waals surface area contributed by atoms with Crippen molar-refractivity contribution in [2.75, 3.05) is 0 Å². The molecule has 78 valence electrons. The summed E-state index contributed by atoms with van der Waals surface area (Å²) in [6.45, 7) is 0. The normalized spacial score (nSPS) is 75.9. The minimum Gasteiger partial charge on any atom is -0.298 e. The maximum absolute atomic E-state index is 12.3. The Morgan fingerprint density at radius 3 is 1.73 bits per heavy atom. The summed E-state index contributed by atoms with van der Waals surface area (Å²) in [7, 11) is 0. The lowest BCUT2D eigenvalue weighted by atomic mass is 9.59. The van der Waals surface area contributed by atoms with Gasteiger partial charge in [-0.05, 0) is 30.1 Å². The van der Waals surface area contributed by atoms with Gasteiger partial charge in [0.2, 0.25) is 0 Å². The number of ketones is 2. The maximum atomic E-state index is 12.3. The largest absolute Gasteiger partial charge is 0.298 e. The summed E-state index contributed by atoms with van der Waals surface area (Å²) in [6, 6.07) is 0. The molecule has 0 unspecified atom stereocenters. The van der Waals surface area contributed by atoms with Gasteiger partial charge in [-0.15, -0.1) is 0 Å². The Morgan fingerprint density at radius 2 is 1.33 bits per heavy atom. The first kappa shape index (κ1) is 8.40. The second kappa shape index (κ2) is 1.82. The van der Waals surface area contributed by atoms with E-state index in [9.17, 15) is 9.59 Å². The molecule has 5 saturated carbocycles. The smallest absolute Gasteiger partial charge is 0.155 e. The van der Waals surface area contributed by atoms with Gasteiger partial charge in [0.1, 0.15) is 8.65 Å². The molecule has 0 radical (unpaired) electrons. The van der Waals surface area contributed by atoms with Crippen molar-refractivity contribution in [2.24, 2.45) is 35.5 Å². The van der Waals surface area contributed by atoms with Crippen LogP contribution in [0.3, 0.4) is 0 Å². The second-order valence-corrected chi connectivity index (χ2v) is 8.32. The van der Waals surface area contributed by atoms with Crippen molar-refractivity contribution in [3.8, 4) is 0 Å². The fourth-order valence-electron chi connectivity index (χ4n) is 5.77. The van der Waals surface area contributed by atoms with Crippen LogP contribution in [0, 0.1) is 35.5 Å². The van der Waals surface area contributed by atoms with Crippen molar-refractivity contribution in [3.63, 3.8) is 0 Å². The molecule has 0 saturated heterocycles. The van der Waals surface area contributed by atoms with E-state index in [1.807, 2.05) is 0 Å². The standard InChI is InChI=1S/C11H8Br2O2/c12-10-6-2-1-3-5(4(2)8(10)14)9(15)11(10,13)7(3)6/h2-7H,1H2/t2-,3-,4-,5+,6-,7-,10-,11-/m1/s1. The zero-order valence-electron chi connectivity index (χ0n) is 7.74. The van der Waals surface area contributed by atoms with Crippen LogP contribution in [-0.4, -0.2) is 20.2 Å². The van der Waals surface area contributed by atoms with E-state index in [-0.39, 0.29) is 11.8 Å². The first-order valence-corrected chi connectivity index (χ1v) is 7.09. The van der Waals surface area contributed by atoms with E-state index in [0.29, 0.717) is 35.2 Å². The first-order chi connectivity index (χ1) is 7.04. The van der Waals surface area contributed by atoms with Crippen LogP contribution in [0.5, 0.6) is 0 Å². The molecule has 5 aliphatic rings. The number of Topliss-reactive ketones (excluding diaryl/α,β-unsaturated/α-hetero) is 2. The highest BCUT2D eigenvalue weighted by Crippen LogP contribution is 2.87. The number of hydrogen-bond donors (Lipinski definition) is 0. The highest BCUT2D eigenvalue weighted by molar-refractivity contribution is 9.13. The van der Waals surface area contributed by atoms with Crippen LogP contribution in [0.4, 0.5) is 0 Å². The molecule has 0 aromatic carbocycles. The summed E-state index contributed by atoms with van der Waals surface area (Å²) >= 11 is 7.26. The predicted molar refractivity (Wildman–Crippen MR) is 58.9 cm³/mol. The zero-order valence-corrected chi connectivity index (χ0v) is 10.9. The molecule has 5 aliphatic carbocycles. The number of carbonyl (C=O) groups excluding carboxylic acids is 2. The molecule has 0 amide bonds. The molecule has 5 rings (SSSR count). The third kappa shape index (κ3) is 0.450. The lowest BCUT2D eigenvalue weighted by molar-refractivity contribution is -0.139. The molecule has 8 atom stereocenters. The summed E-state index contributed by atoms with van der Waals surface area (Å²) < 4.78 is -1.03. The molecule has 4 heteroatoms. The molecule has 0 aromatic rings. The molecular formula is C11H8Br2O2. The fraction of sp³-hybridized carbons (Fsp3) is 0.818. The Labute approximate surface area is 103 Å². The maximum Gasteiger partial charge on any atom is 0.155 e. The van der Waals surface area contributed by atoms with Crippen LogP contribution >= 0.6 is 31.9 Å². The zero-order chi connectivity index (χ0) is 10.3. The van der Waals surface area contributed by atoms with Gasteiger partial charge < -0.3 is 0 Å². The van der Waals surface area contributed by atoms with Crippen molar-refractivity contribution >= 4 is 43.4 Å². The number of fused-ring (bicyclic) bond motifs is 2. The van der Waals surface area contributed by atoms with Gasteiger partial charge in [0.15, 0.2) is 11.6 Å². The van der Waals surface area contributed by atoms with Gasteiger partial charge in [-0.25, -0.2) is 0 Å². The molecule has 2 bridgehead atoms. The van der Waals surface area contributed by atoms with Gasteiger partial charge in [-0.3, -0.25) is 9.59 Å². The molecule has 0 N–H and O–H groups in total. The summed E-state index contributed by atoms with van der Waals surface area (Å²) in [6.07, 6.45) is 1.13. The molecule has 0 spiro atoms. The molecular weight excluding hydrogens is 324 g/mol. The molecule has 5 fully saturated rings. The van der Waals surface area contributed by atoms with Gasteiger partial charge in [0.25, 0.3) is 0 Å². The minimum absolute atomic E-state index is 0.0799. The van der Waals surface area contributed by atoms with Crippen LogP contribution in [0.25, 0.3) is 0 Å². The van der Waals surface area contributed by atoms with E-state index >= 15 is 0 Å². The molecule has 0 heterocycles. The number of hydrogen-bond acceptors (Lipinski definition) is 2. The van der Waals surface area contributed by atoms with E-state index in [0.717, 1.165) is 6.42 Å². The highest BCUT2D eigenvalue weighted by Gasteiger charge is 2.95. The van der Waals surface area contributed by atoms with Crippen LogP contribution in [-0.2, 0) is 9.59 Å². The van der Waals surface area contributed by atoms with Crippen molar-refractivity contribution in [2.45, 2.75) is 15.1 Å². The van der Waals surface area contributed by atoms with Gasteiger partial charge in [-0.2, -0.15) is 0 Å². The summed E-state index contributed by atoms with van der Waals surface area (Å²) in [5.41, 5.74) is 0. The van der Waals surface area contributed by atoms with Crippen LogP contribution < -0.4 is 0 Å². The number of rotatable bonds is 0. The van der Waals surface area contributed by atoms with Crippen LogP contribution in [0.1, 0.15) is 6.42 Å². The Bertz CT molecular complexity index is 433. The second-order valence-electron chi connectivity index (χ2n) is 5.82. The molecule has 0 aliphatic heterocycles. The van der Waals surface area contributed by atoms with E-state index < -0.39 is 8.65 Å². The average Bonchev–Trinajstić information content (AvgIpc) is 2.79.